The van der Waals surface area contributed by atoms with E-state index in [1.807, 2.05) is 0 Å². The van der Waals surface area contributed by atoms with Gasteiger partial charge in [0.15, 0.2) is 0 Å². The molecule has 2 N–H and O–H groups in total. The van der Waals surface area contributed by atoms with Gasteiger partial charge in [0.25, 0.3) is 0 Å². The molecule has 1 aliphatic carbocycles. The Morgan fingerprint density at radius 1 is 1.45 bits per heavy atom. The minimum absolute atomic E-state index is 0.0460. The third-order valence-corrected chi connectivity index (χ3v) is 4.39. The predicted octanol–water partition coefficient (Wildman–Crippen LogP) is 3.51. The second-order valence-electron chi connectivity index (χ2n) is 8.32. The number of hydrogen-bond donors (Lipinski definition) is 2. The lowest BCUT2D eigenvalue weighted by atomic mass is 9.71. The standard InChI is InChI=1S/C17H33NO2/c1-13(19)10-17(4,5)12-18-15(20)9-14-7-6-8-16(2,3)11-14/h13-14,19H,6-12H2,1-5H3,(H,18,20). The van der Waals surface area contributed by atoms with E-state index in [-0.39, 0.29) is 17.4 Å². The molecule has 3 heteroatoms. The minimum atomic E-state index is -0.318. The first-order chi connectivity index (χ1) is 9.10. The second kappa shape index (κ2) is 6.93. The normalized spacial score (nSPS) is 24.2. The van der Waals surface area contributed by atoms with Gasteiger partial charge in [0.05, 0.1) is 6.10 Å². The number of aliphatic hydroxyl groups excluding tert-OH is 1. The van der Waals surface area contributed by atoms with Gasteiger partial charge in [-0.25, -0.2) is 0 Å². The fourth-order valence-corrected chi connectivity index (χ4v) is 3.57. The molecule has 0 heterocycles. The SMILES string of the molecule is CC(O)CC(C)(C)CNC(=O)CC1CCCC(C)(C)C1. The van der Waals surface area contributed by atoms with Crippen LogP contribution in [-0.2, 0) is 4.79 Å². The summed E-state index contributed by atoms with van der Waals surface area (Å²) in [5.74, 6) is 0.713. The van der Waals surface area contributed by atoms with Crippen molar-refractivity contribution in [2.45, 2.75) is 79.2 Å². The van der Waals surface area contributed by atoms with E-state index in [2.05, 4.69) is 33.0 Å². The van der Waals surface area contributed by atoms with Gasteiger partial charge in [0.2, 0.25) is 5.91 Å². The zero-order chi connectivity index (χ0) is 15.4. The molecule has 0 aromatic heterocycles. The molecule has 0 radical (unpaired) electrons. The van der Waals surface area contributed by atoms with Gasteiger partial charge in [-0.2, -0.15) is 0 Å². The maximum absolute atomic E-state index is 12.1. The summed E-state index contributed by atoms with van der Waals surface area (Å²) < 4.78 is 0. The summed E-state index contributed by atoms with van der Waals surface area (Å²) >= 11 is 0. The predicted molar refractivity (Wildman–Crippen MR) is 83.4 cm³/mol. The van der Waals surface area contributed by atoms with Gasteiger partial charge in [0.1, 0.15) is 0 Å². The monoisotopic (exact) mass is 283 g/mol. The third-order valence-electron chi connectivity index (χ3n) is 4.39. The molecule has 0 aromatic rings. The van der Waals surface area contributed by atoms with Gasteiger partial charge in [0, 0.05) is 13.0 Å². The average Bonchev–Trinajstić information content (AvgIpc) is 2.23. The van der Waals surface area contributed by atoms with E-state index in [1.54, 1.807) is 6.92 Å². The molecule has 0 saturated heterocycles. The molecule has 1 aliphatic rings. The molecule has 3 nitrogen and oxygen atoms in total. The number of carbonyl (C=O) groups excluding carboxylic acids is 1. The first kappa shape index (κ1) is 17.5. The van der Waals surface area contributed by atoms with Crippen LogP contribution in [0.4, 0.5) is 0 Å². The first-order valence-electron chi connectivity index (χ1n) is 8.04. The molecule has 2 atom stereocenters. The zero-order valence-electron chi connectivity index (χ0n) is 14.0. The van der Waals surface area contributed by atoms with Crippen molar-refractivity contribution in [3.05, 3.63) is 0 Å². The Balaban J connectivity index is 2.33. The second-order valence-corrected chi connectivity index (χ2v) is 8.32. The summed E-state index contributed by atoms with van der Waals surface area (Å²) in [6.07, 6.45) is 5.94. The number of nitrogens with one attached hydrogen (secondary N) is 1. The lowest BCUT2D eigenvalue weighted by molar-refractivity contribution is -0.123. The van der Waals surface area contributed by atoms with Gasteiger partial charge in [-0.05, 0) is 49.4 Å². The van der Waals surface area contributed by atoms with Gasteiger partial charge in [-0.3, -0.25) is 4.79 Å². The molecule has 1 saturated carbocycles. The summed E-state index contributed by atoms with van der Waals surface area (Å²) in [5, 5.41) is 12.5. The van der Waals surface area contributed by atoms with Crippen molar-refractivity contribution in [3.8, 4) is 0 Å². The zero-order valence-corrected chi connectivity index (χ0v) is 14.0. The Kier molecular flexibility index (Phi) is 6.06. The molecule has 1 fully saturated rings. The van der Waals surface area contributed by atoms with Crippen LogP contribution < -0.4 is 5.32 Å². The summed E-state index contributed by atoms with van der Waals surface area (Å²) in [6.45, 7) is 11.2. The van der Waals surface area contributed by atoms with Crippen LogP contribution in [-0.4, -0.2) is 23.7 Å². The molecule has 2 unspecified atom stereocenters. The molecule has 0 bridgehead atoms. The smallest absolute Gasteiger partial charge is 0.220 e. The van der Waals surface area contributed by atoms with Crippen LogP contribution in [0.15, 0.2) is 0 Å². The number of rotatable bonds is 6. The Labute approximate surface area is 124 Å². The van der Waals surface area contributed by atoms with Crippen LogP contribution in [0.25, 0.3) is 0 Å². The molecule has 0 aromatic carbocycles. The van der Waals surface area contributed by atoms with Crippen molar-refractivity contribution in [3.63, 3.8) is 0 Å². The summed E-state index contributed by atoms with van der Waals surface area (Å²) in [5.41, 5.74) is 0.352. The van der Waals surface area contributed by atoms with Crippen LogP contribution in [0.2, 0.25) is 0 Å². The Hall–Kier alpha value is -0.570. The Morgan fingerprint density at radius 3 is 2.65 bits per heavy atom. The van der Waals surface area contributed by atoms with Crippen LogP contribution >= 0.6 is 0 Å². The van der Waals surface area contributed by atoms with Crippen molar-refractivity contribution in [2.24, 2.45) is 16.7 Å². The van der Waals surface area contributed by atoms with Crippen molar-refractivity contribution < 1.29 is 9.90 Å². The fourth-order valence-electron chi connectivity index (χ4n) is 3.57. The first-order valence-corrected chi connectivity index (χ1v) is 8.04. The topological polar surface area (TPSA) is 49.3 Å². The van der Waals surface area contributed by atoms with Gasteiger partial charge >= 0.3 is 0 Å². The molecule has 1 amide bonds. The number of hydrogen-bond acceptors (Lipinski definition) is 2. The van der Waals surface area contributed by atoms with E-state index in [0.717, 1.165) is 6.42 Å². The summed E-state index contributed by atoms with van der Waals surface area (Å²) in [6, 6.07) is 0. The number of aliphatic hydroxyl groups is 1. The van der Waals surface area contributed by atoms with Gasteiger partial charge in [-0.1, -0.05) is 34.1 Å². The molecule has 118 valence electrons. The van der Waals surface area contributed by atoms with E-state index in [1.165, 1.54) is 19.3 Å². The van der Waals surface area contributed by atoms with Crippen LogP contribution in [0.1, 0.15) is 73.1 Å². The van der Waals surface area contributed by atoms with E-state index in [4.69, 9.17) is 0 Å². The molecule has 0 spiro atoms. The lowest BCUT2D eigenvalue weighted by Crippen LogP contribution is -2.37. The van der Waals surface area contributed by atoms with E-state index in [9.17, 15) is 9.90 Å². The quantitative estimate of drug-likeness (QED) is 0.783. The molecule has 20 heavy (non-hydrogen) atoms. The Morgan fingerprint density at radius 2 is 2.10 bits per heavy atom. The van der Waals surface area contributed by atoms with E-state index < -0.39 is 0 Å². The van der Waals surface area contributed by atoms with Crippen molar-refractivity contribution in [1.29, 1.82) is 0 Å². The van der Waals surface area contributed by atoms with Gasteiger partial charge < -0.3 is 10.4 Å². The van der Waals surface area contributed by atoms with Crippen molar-refractivity contribution in [1.82, 2.24) is 5.32 Å². The molecular weight excluding hydrogens is 250 g/mol. The van der Waals surface area contributed by atoms with Crippen molar-refractivity contribution >= 4 is 5.91 Å². The summed E-state index contributed by atoms with van der Waals surface area (Å²) in [7, 11) is 0. The van der Waals surface area contributed by atoms with E-state index >= 15 is 0 Å². The van der Waals surface area contributed by atoms with E-state index in [0.29, 0.717) is 30.7 Å². The number of amides is 1. The maximum atomic E-state index is 12.1. The minimum Gasteiger partial charge on any atom is -0.393 e. The Bertz CT molecular complexity index is 321. The highest BCUT2D eigenvalue weighted by Gasteiger charge is 2.29. The fraction of sp³-hybridized carbons (Fsp3) is 0.941. The maximum Gasteiger partial charge on any atom is 0.220 e. The van der Waals surface area contributed by atoms with Crippen LogP contribution in [0, 0.1) is 16.7 Å². The molecular formula is C17H33NO2. The lowest BCUT2D eigenvalue weighted by Gasteiger charge is -2.35. The average molecular weight is 283 g/mol. The van der Waals surface area contributed by atoms with Gasteiger partial charge in [-0.15, -0.1) is 0 Å². The van der Waals surface area contributed by atoms with Crippen LogP contribution in [0.5, 0.6) is 0 Å². The summed E-state index contributed by atoms with van der Waals surface area (Å²) in [4.78, 5) is 12.1. The molecule has 1 rings (SSSR count). The van der Waals surface area contributed by atoms with Crippen LogP contribution in [0.3, 0.4) is 0 Å². The highest BCUT2D eigenvalue weighted by atomic mass is 16.3. The highest BCUT2D eigenvalue weighted by Crippen LogP contribution is 2.39. The van der Waals surface area contributed by atoms with Crippen molar-refractivity contribution in [2.75, 3.05) is 6.54 Å². The highest BCUT2D eigenvalue weighted by molar-refractivity contribution is 5.76. The molecule has 0 aliphatic heterocycles. The largest absolute Gasteiger partial charge is 0.393 e. The number of carbonyl (C=O) groups is 1. The third kappa shape index (κ3) is 6.74.